The van der Waals surface area contributed by atoms with Gasteiger partial charge in [-0.1, -0.05) is 18.2 Å². The highest BCUT2D eigenvalue weighted by molar-refractivity contribution is 7.94. The first-order valence-corrected chi connectivity index (χ1v) is 11.0. The summed E-state index contributed by atoms with van der Waals surface area (Å²) in [4.78, 5) is 15.6. The van der Waals surface area contributed by atoms with Crippen LogP contribution in [0.5, 0.6) is 0 Å². The fraction of sp³-hybridized carbons (Fsp3) is 0.632. The Bertz CT molecular complexity index is 808. The van der Waals surface area contributed by atoms with Crippen LogP contribution >= 0.6 is 0 Å². The number of β-amino-alcohol motifs (C(OH)–C–C–N with tert-alkyl or cyclic N) is 1. The fourth-order valence-electron chi connectivity index (χ4n) is 4.83. The zero-order valence-electron chi connectivity index (χ0n) is 15.6. The summed E-state index contributed by atoms with van der Waals surface area (Å²) in [5.41, 5.74) is 0.613. The van der Waals surface area contributed by atoms with Gasteiger partial charge in [-0.2, -0.15) is 0 Å². The SMILES string of the molecule is CC(=O)N1CCC(N2CC[C@@]3(C2)[C@H](O)CN(c2ccccc2)S3(=O)=O)CC1. The maximum Gasteiger partial charge on any atom is 0.244 e. The lowest BCUT2D eigenvalue weighted by Crippen LogP contribution is -2.51. The van der Waals surface area contributed by atoms with Gasteiger partial charge in [0.2, 0.25) is 15.9 Å². The molecule has 0 saturated carbocycles. The minimum absolute atomic E-state index is 0.0960. The molecule has 1 amide bonds. The van der Waals surface area contributed by atoms with E-state index >= 15 is 0 Å². The van der Waals surface area contributed by atoms with E-state index in [-0.39, 0.29) is 18.5 Å². The summed E-state index contributed by atoms with van der Waals surface area (Å²) < 4.78 is 27.0. The number of nitrogens with zero attached hydrogens (tertiary/aromatic N) is 3. The Morgan fingerprint density at radius 2 is 1.81 bits per heavy atom. The Morgan fingerprint density at radius 1 is 1.15 bits per heavy atom. The maximum absolute atomic E-state index is 13.4. The average molecular weight is 394 g/mol. The second-order valence-corrected chi connectivity index (χ2v) is 10.1. The summed E-state index contributed by atoms with van der Waals surface area (Å²) in [6, 6.07) is 9.29. The number of sulfonamides is 1. The molecular formula is C19H27N3O4S. The largest absolute Gasteiger partial charge is 0.389 e. The Morgan fingerprint density at radius 3 is 2.44 bits per heavy atom. The maximum atomic E-state index is 13.4. The molecule has 2 atom stereocenters. The number of para-hydroxylation sites is 1. The van der Waals surface area contributed by atoms with Crippen molar-refractivity contribution in [2.75, 3.05) is 37.0 Å². The van der Waals surface area contributed by atoms with Gasteiger partial charge in [0.15, 0.2) is 0 Å². The molecule has 1 aromatic carbocycles. The molecule has 0 aromatic heterocycles. The van der Waals surface area contributed by atoms with Crippen LogP contribution in [0.25, 0.3) is 0 Å². The molecule has 148 valence electrons. The van der Waals surface area contributed by atoms with Crippen LogP contribution in [0.15, 0.2) is 30.3 Å². The summed E-state index contributed by atoms with van der Waals surface area (Å²) in [5.74, 6) is 0.0960. The number of carbonyl (C=O) groups excluding carboxylic acids is 1. The molecular weight excluding hydrogens is 366 g/mol. The minimum Gasteiger partial charge on any atom is -0.389 e. The third-order valence-electron chi connectivity index (χ3n) is 6.51. The molecule has 0 aliphatic carbocycles. The lowest BCUT2D eigenvalue weighted by Gasteiger charge is -2.37. The summed E-state index contributed by atoms with van der Waals surface area (Å²) in [5, 5.41) is 10.8. The van der Waals surface area contributed by atoms with Crippen LogP contribution in [0, 0.1) is 0 Å². The normalized spacial score (nSPS) is 31.7. The molecule has 7 nitrogen and oxygen atoms in total. The van der Waals surface area contributed by atoms with Crippen molar-refractivity contribution in [3.8, 4) is 0 Å². The average Bonchev–Trinajstić information content (AvgIpc) is 3.20. The number of anilines is 1. The Hall–Kier alpha value is -1.64. The number of hydrogen-bond donors (Lipinski definition) is 1. The van der Waals surface area contributed by atoms with Crippen LogP contribution in [0.4, 0.5) is 5.69 Å². The van der Waals surface area contributed by atoms with Crippen molar-refractivity contribution in [3.05, 3.63) is 30.3 Å². The van der Waals surface area contributed by atoms with E-state index in [0.29, 0.717) is 25.2 Å². The predicted octanol–water partition coefficient (Wildman–Crippen LogP) is 0.653. The van der Waals surface area contributed by atoms with Gasteiger partial charge in [-0.25, -0.2) is 8.42 Å². The van der Waals surface area contributed by atoms with Crippen LogP contribution in [0.3, 0.4) is 0 Å². The molecule has 3 heterocycles. The number of rotatable bonds is 2. The number of aliphatic hydroxyl groups is 1. The van der Waals surface area contributed by atoms with Crippen LogP contribution in [-0.4, -0.2) is 78.8 Å². The lowest BCUT2D eigenvalue weighted by molar-refractivity contribution is -0.130. The quantitative estimate of drug-likeness (QED) is 0.798. The van der Waals surface area contributed by atoms with Crippen molar-refractivity contribution >= 4 is 21.6 Å². The number of likely N-dealkylation sites (tertiary alicyclic amines) is 2. The first-order chi connectivity index (χ1) is 12.8. The number of hydrogen-bond acceptors (Lipinski definition) is 5. The number of carbonyl (C=O) groups is 1. The predicted molar refractivity (Wildman–Crippen MR) is 103 cm³/mol. The summed E-state index contributed by atoms with van der Waals surface area (Å²) >= 11 is 0. The zero-order valence-corrected chi connectivity index (χ0v) is 16.4. The fourth-order valence-corrected chi connectivity index (χ4v) is 7.10. The number of piperidine rings is 1. The van der Waals surface area contributed by atoms with Crippen LogP contribution in [0.1, 0.15) is 26.2 Å². The molecule has 8 heteroatoms. The van der Waals surface area contributed by atoms with Crippen molar-refractivity contribution in [1.29, 1.82) is 0 Å². The van der Waals surface area contributed by atoms with Gasteiger partial charge in [-0.15, -0.1) is 0 Å². The summed E-state index contributed by atoms with van der Waals surface area (Å²) in [6.45, 7) is 4.17. The van der Waals surface area contributed by atoms with E-state index in [4.69, 9.17) is 0 Å². The van der Waals surface area contributed by atoms with E-state index in [1.54, 1.807) is 19.1 Å². The van der Waals surface area contributed by atoms with E-state index in [1.165, 1.54) is 4.31 Å². The molecule has 3 fully saturated rings. The highest BCUT2D eigenvalue weighted by Gasteiger charge is 2.62. The van der Waals surface area contributed by atoms with Gasteiger partial charge >= 0.3 is 0 Å². The highest BCUT2D eigenvalue weighted by atomic mass is 32.2. The molecule has 3 aliphatic rings. The van der Waals surface area contributed by atoms with Crippen molar-refractivity contribution < 1.29 is 18.3 Å². The molecule has 1 aromatic rings. The molecule has 3 aliphatic heterocycles. The Labute approximate surface area is 160 Å². The third-order valence-corrected chi connectivity index (χ3v) is 9.09. The molecule has 0 unspecified atom stereocenters. The van der Waals surface area contributed by atoms with Crippen molar-refractivity contribution in [1.82, 2.24) is 9.80 Å². The van der Waals surface area contributed by atoms with Gasteiger partial charge in [0, 0.05) is 39.1 Å². The standard InChI is InChI=1S/C19H27N3O4S/c1-15(23)20-10-7-16(8-11-20)21-12-9-19(14-21)18(24)13-22(27(19,25)26)17-5-3-2-4-6-17/h2-6,16,18,24H,7-14H2,1H3/t18-,19-/m1/s1. The van der Waals surface area contributed by atoms with Gasteiger partial charge < -0.3 is 10.0 Å². The lowest BCUT2D eigenvalue weighted by atomic mass is 10.00. The molecule has 1 spiro atoms. The van der Waals surface area contributed by atoms with E-state index in [0.717, 1.165) is 25.9 Å². The second-order valence-electron chi connectivity index (χ2n) is 7.91. The van der Waals surface area contributed by atoms with E-state index in [2.05, 4.69) is 4.90 Å². The van der Waals surface area contributed by atoms with E-state index < -0.39 is 20.9 Å². The minimum atomic E-state index is -3.65. The monoisotopic (exact) mass is 393 g/mol. The van der Waals surface area contributed by atoms with Crippen molar-refractivity contribution in [2.45, 2.75) is 43.1 Å². The van der Waals surface area contributed by atoms with E-state index in [1.807, 2.05) is 23.1 Å². The number of amides is 1. The summed E-state index contributed by atoms with van der Waals surface area (Å²) in [6.07, 6.45) is 1.26. The molecule has 0 radical (unpaired) electrons. The molecule has 1 N–H and O–H groups in total. The second kappa shape index (κ2) is 6.76. The van der Waals surface area contributed by atoms with Gasteiger partial charge in [-0.3, -0.25) is 14.0 Å². The van der Waals surface area contributed by atoms with Gasteiger partial charge in [-0.05, 0) is 31.4 Å². The first kappa shape index (κ1) is 18.7. The number of aliphatic hydroxyl groups excluding tert-OH is 1. The first-order valence-electron chi connectivity index (χ1n) is 9.60. The smallest absolute Gasteiger partial charge is 0.244 e. The van der Waals surface area contributed by atoms with Gasteiger partial charge in [0.25, 0.3) is 0 Å². The molecule has 4 rings (SSSR count). The zero-order chi connectivity index (χ0) is 19.2. The van der Waals surface area contributed by atoms with Crippen LogP contribution in [-0.2, 0) is 14.8 Å². The summed E-state index contributed by atoms with van der Waals surface area (Å²) in [7, 11) is -3.65. The molecule has 0 bridgehead atoms. The molecule has 3 saturated heterocycles. The van der Waals surface area contributed by atoms with Crippen LogP contribution in [0.2, 0.25) is 0 Å². The highest BCUT2D eigenvalue weighted by Crippen LogP contribution is 2.43. The Kier molecular flexibility index (Phi) is 4.68. The number of benzene rings is 1. The van der Waals surface area contributed by atoms with Crippen molar-refractivity contribution in [3.63, 3.8) is 0 Å². The van der Waals surface area contributed by atoms with Gasteiger partial charge in [0.05, 0.1) is 18.3 Å². The third kappa shape index (κ3) is 2.94. The van der Waals surface area contributed by atoms with Crippen molar-refractivity contribution in [2.24, 2.45) is 0 Å². The van der Waals surface area contributed by atoms with E-state index in [9.17, 15) is 18.3 Å². The van der Waals surface area contributed by atoms with Crippen LogP contribution < -0.4 is 4.31 Å². The Balaban J connectivity index is 1.52. The topological polar surface area (TPSA) is 81.2 Å². The van der Waals surface area contributed by atoms with Gasteiger partial charge in [0.1, 0.15) is 4.75 Å². The molecule has 27 heavy (non-hydrogen) atoms.